The van der Waals surface area contributed by atoms with Gasteiger partial charge < -0.3 is 4.74 Å². The molecule has 2 nitrogen and oxygen atoms in total. The predicted molar refractivity (Wildman–Crippen MR) is 158 cm³/mol. The van der Waals surface area contributed by atoms with Crippen LogP contribution in [-0.4, -0.2) is 5.97 Å². The van der Waals surface area contributed by atoms with E-state index in [9.17, 15) is 4.79 Å². The molecule has 0 spiro atoms. The van der Waals surface area contributed by atoms with Crippen LogP contribution in [-0.2, 0) is 9.53 Å². The van der Waals surface area contributed by atoms with Gasteiger partial charge in [0.05, 0.1) is 5.92 Å². The fourth-order valence-corrected chi connectivity index (χ4v) is 6.31. The molecule has 1 saturated carbocycles. The molecule has 0 bridgehead atoms. The Morgan fingerprint density at radius 2 is 1.70 bits per heavy atom. The van der Waals surface area contributed by atoms with E-state index >= 15 is 0 Å². The third-order valence-electron chi connectivity index (χ3n) is 8.91. The Labute approximate surface area is 228 Å². The highest BCUT2D eigenvalue weighted by atomic mass is 16.5. The summed E-state index contributed by atoms with van der Waals surface area (Å²) in [7, 11) is 0. The predicted octanol–water partition coefficient (Wildman–Crippen LogP) is 10.7. The van der Waals surface area contributed by atoms with Crippen LogP contribution in [0.4, 0.5) is 0 Å². The first-order valence-corrected chi connectivity index (χ1v) is 15.7. The van der Waals surface area contributed by atoms with Crippen molar-refractivity contribution in [3.8, 4) is 0 Å². The van der Waals surface area contributed by atoms with Crippen LogP contribution in [0.15, 0.2) is 59.9 Å². The molecule has 2 heteroatoms. The van der Waals surface area contributed by atoms with Gasteiger partial charge in [-0.3, -0.25) is 4.79 Å². The summed E-state index contributed by atoms with van der Waals surface area (Å²) in [6.07, 6.45) is 37.9. The maximum Gasteiger partial charge on any atom is 0.314 e. The quantitative estimate of drug-likeness (QED) is 0.118. The van der Waals surface area contributed by atoms with Gasteiger partial charge >= 0.3 is 5.97 Å². The van der Waals surface area contributed by atoms with E-state index in [-0.39, 0.29) is 11.9 Å². The monoisotopic (exact) mass is 506 g/mol. The molecule has 1 unspecified atom stereocenters. The van der Waals surface area contributed by atoms with Gasteiger partial charge in [0.1, 0.15) is 5.76 Å². The molecule has 0 N–H and O–H groups in total. The first-order valence-electron chi connectivity index (χ1n) is 15.7. The van der Waals surface area contributed by atoms with Gasteiger partial charge in [0.25, 0.3) is 0 Å². The third kappa shape index (κ3) is 11.6. The highest BCUT2D eigenvalue weighted by Gasteiger charge is 2.24. The van der Waals surface area contributed by atoms with Crippen molar-refractivity contribution < 1.29 is 9.53 Å². The summed E-state index contributed by atoms with van der Waals surface area (Å²) in [5.41, 5.74) is 3.01. The van der Waals surface area contributed by atoms with E-state index in [1.54, 1.807) is 5.57 Å². The highest BCUT2D eigenvalue weighted by Crippen LogP contribution is 2.35. The second kappa shape index (κ2) is 17.6. The van der Waals surface area contributed by atoms with Gasteiger partial charge in [-0.2, -0.15) is 0 Å². The minimum Gasteiger partial charge on any atom is -0.426 e. The zero-order chi connectivity index (χ0) is 26.1. The second-order valence-corrected chi connectivity index (χ2v) is 11.9. The Bertz CT molecular complexity index is 803. The lowest BCUT2D eigenvalue weighted by atomic mass is 9.77. The van der Waals surface area contributed by atoms with Crippen LogP contribution in [0.1, 0.15) is 135 Å². The third-order valence-corrected chi connectivity index (χ3v) is 8.91. The summed E-state index contributed by atoms with van der Waals surface area (Å²) in [5, 5.41) is 0. The van der Waals surface area contributed by atoms with Gasteiger partial charge in [0, 0.05) is 0 Å². The van der Waals surface area contributed by atoms with Crippen LogP contribution >= 0.6 is 0 Å². The number of carbonyl (C=O) groups excluding carboxylic acids is 1. The number of unbranched alkanes of at least 4 members (excludes halogenated alkanes) is 6. The van der Waals surface area contributed by atoms with Crippen LogP contribution in [0, 0.1) is 17.8 Å². The average molecular weight is 507 g/mol. The molecule has 0 aromatic heterocycles. The van der Waals surface area contributed by atoms with Crippen molar-refractivity contribution in [1.82, 2.24) is 0 Å². The summed E-state index contributed by atoms with van der Waals surface area (Å²) in [6.45, 7) is 6.10. The molecule has 3 aliphatic carbocycles. The zero-order valence-corrected chi connectivity index (χ0v) is 23.9. The van der Waals surface area contributed by atoms with Crippen molar-refractivity contribution in [2.75, 3.05) is 0 Å². The van der Waals surface area contributed by atoms with Crippen molar-refractivity contribution in [1.29, 1.82) is 0 Å². The van der Waals surface area contributed by atoms with Gasteiger partial charge in [0.15, 0.2) is 0 Å². The van der Waals surface area contributed by atoms with Crippen molar-refractivity contribution >= 4 is 5.97 Å². The summed E-state index contributed by atoms with van der Waals surface area (Å²) in [5.74, 6) is 2.56. The van der Waals surface area contributed by atoms with Crippen LogP contribution in [0.25, 0.3) is 0 Å². The molecule has 0 aliphatic heterocycles. The number of ether oxygens (including phenoxy) is 1. The van der Waals surface area contributed by atoms with Crippen LogP contribution in [0.5, 0.6) is 0 Å². The minimum absolute atomic E-state index is 0.00874. The number of esters is 1. The van der Waals surface area contributed by atoms with E-state index in [1.807, 2.05) is 18.2 Å². The van der Waals surface area contributed by atoms with Crippen molar-refractivity contribution in [3.05, 3.63) is 59.9 Å². The lowest BCUT2D eigenvalue weighted by Gasteiger charge is -2.28. The van der Waals surface area contributed by atoms with Crippen LogP contribution in [0.3, 0.4) is 0 Å². The SMILES string of the molecule is C=CCCCCCCC1=CCC(C(=O)OC2=CC=C(CCC3CCC(CCCCC)CC3)CC=C2)CC1. The maximum atomic E-state index is 12.8. The van der Waals surface area contributed by atoms with E-state index < -0.39 is 0 Å². The van der Waals surface area contributed by atoms with E-state index in [0.717, 1.165) is 43.9 Å². The van der Waals surface area contributed by atoms with Gasteiger partial charge in [-0.25, -0.2) is 0 Å². The van der Waals surface area contributed by atoms with E-state index in [1.165, 1.54) is 102 Å². The molecule has 0 aromatic rings. The molecule has 3 aliphatic rings. The van der Waals surface area contributed by atoms with Gasteiger partial charge in [-0.05, 0) is 88.2 Å². The van der Waals surface area contributed by atoms with Crippen LogP contribution < -0.4 is 0 Å². The second-order valence-electron chi connectivity index (χ2n) is 11.9. The van der Waals surface area contributed by atoms with Crippen molar-refractivity contribution in [3.63, 3.8) is 0 Å². The van der Waals surface area contributed by atoms with E-state index in [2.05, 4.69) is 31.7 Å². The Morgan fingerprint density at radius 3 is 2.43 bits per heavy atom. The largest absolute Gasteiger partial charge is 0.426 e. The topological polar surface area (TPSA) is 26.3 Å². The van der Waals surface area contributed by atoms with Crippen molar-refractivity contribution in [2.24, 2.45) is 17.8 Å². The number of carbonyl (C=O) groups is 1. The molecular weight excluding hydrogens is 452 g/mol. The minimum atomic E-state index is -0.0526. The first kappa shape index (κ1) is 29.7. The summed E-state index contributed by atoms with van der Waals surface area (Å²) in [6, 6.07) is 0. The summed E-state index contributed by atoms with van der Waals surface area (Å²) < 4.78 is 5.83. The molecule has 1 fully saturated rings. The number of hydrogen-bond donors (Lipinski definition) is 0. The van der Waals surface area contributed by atoms with E-state index in [4.69, 9.17) is 4.74 Å². The molecule has 0 amide bonds. The molecule has 3 rings (SSSR count). The Balaban J connectivity index is 1.33. The molecule has 0 heterocycles. The fraction of sp³-hybridized carbons (Fsp3) is 0.686. The maximum absolute atomic E-state index is 12.8. The molecule has 37 heavy (non-hydrogen) atoms. The molecule has 0 radical (unpaired) electrons. The van der Waals surface area contributed by atoms with Crippen molar-refractivity contribution in [2.45, 2.75) is 135 Å². The molecule has 1 atom stereocenters. The Morgan fingerprint density at radius 1 is 0.919 bits per heavy atom. The Kier molecular flexibility index (Phi) is 14.2. The number of rotatable bonds is 16. The summed E-state index contributed by atoms with van der Waals surface area (Å²) in [4.78, 5) is 12.8. The van der Waals surface area contributed by atoms with E-state index in [0.29, 0.717) is 5.76 Å². The zero-order valence-electron chi connectivity index (χ0n) is 23.9. The van der Waals surface area contributed by atoms with Gasteiger partial charge in [-0.15, -0.1) is 6.58 Å². The highest BCUT2D eigenvalue weighted by molar-refractivity contribution is 5.74. The average Bonchev–Trinajstić information content (AvgIpc) is 3.15. The Hall–Kier alpha value is -1.83. The number of hydrogen-bond acceptors (Lipinski definition) is 2. The molecular formula is C35H54O2. The van der Waals surface area contributed by atoms with Crippen LogP contribution in [0.2, 0.25) is 0 Å². The molecule has 0 aromatic carbocycles. The summed E-state index contributed by atoms with van der Waals surface area (Å²) >= 11 is 0. The van der Waals surface area contributed by atoms with Gasteiger partial charge in [-0.1, -0.05) is 107 Å². The lowest BCUT2D eigenvalue weighted by Crippen LogP contribution is -2.19. The fourth-order valence-electron chi connectivity index (χ4n) is 6.31. The first-order chi connectivity index (χ1) is 18.2. The van der Waals surface area contributed by atoms with Gasteiger partial charge in [0.2, 0.25) is 0 Å². The molecule has 0 saturated heterocycles. The smallest absolute Gasteiger partial charge is 0.314 e. The number of allylic oxidation sites excluding steroid dienone is 8. The molecule has 206 valence electrons. The standard InChI is InChI=1S/C35H54O2/c1-3-5-7-8-9-11-14-30-23-26-33(27-24-30)35(36)37-34-16-12-15-31(25-28-34)19-22-32-20-17-29(18-21-32)13-10-6-4-2/h3,12,16,23,25,28-29,32-33H,1,4-11,13-15,17-22,24,26-27H2,2H3. The normalized spacial score (nSPS) is 24.0. The lowest BCUT2D eigenvalue weighted by molar-refractivity contribution is -0.144.